The molecule has 182 valence electrons. The van der Waals surface area contributed by atoms with Crippen molar-refractivity contribution >= 4 is 5.57 Å². The maximum atomic E-state index is 13.6. The average molecular weight is 475 g/mol. The zero-order valence-corrected chi connectivity index (χ0v) is 20.2. The van der Waals surface area contributed by atoms with Crippen LogP contribution in [-0.2, 0) is 6.42 Å². The maximum Gasteiger partial charge on any atom is 0.123 e. The molecule has 3 aromatic rings. The van der Waals surface area contributed by atoms with Crippen LogP contribution in [0.1, 0.15) is 41.1 Å². The molecule has 0 amide bonds. The molecule has 0 aromatic heterocycles. The first-order valence-electron chi connectivity index (χ1n) is 12.4. The normalized spacial score (nSPS) is 18.1. The second kappa shape index (κ2) is 10.7. The van der Waals surface area contributed by atoms with E-state index in [1.54, 1.807) is 7.11 Å². The lowest BCUT2D eigenvalue weighted by atomic mass is 9.87. The van der Waals surface area contributed by atoms with Gasteiger partial charge in [-0.25, -0.2) is 8.78 Å². The van der Waals surface area contributed by atoms with Crippen LogP contribution in [0.3, 0.4) is 0 Å². The van der Waals surface area contributed by atoms with Crippen molar-refractivity contribution in [2.75, 3.05) is 39.8 Å². The molecule has 5 rings (SSSR count). The number of rotatable bonds is 6. The Balaban J connectivity index is 1.28. The molecule has 0 bridgehead atoms. The molecule has 3 aromatic carbocycles. The Morgan fingerprint density at radius 3 is 2.06 bits per heavy atom. The minimum absolute atomic E-state index is 0.0191. The number of methoxy groups -OCH3 is 1. The van der Waals surface area contributed by atoms with Crippen LogP contribution in [0.4, 0.5) is 8.78 Å². The molecule has 1 aliphatic heterocycles. The molecule has 5 heteroatoms. The predicted octanol–water partition coefficient (Wildman–Crippen LogP) is 6.10. The van der Waals surface area contributed by atoms with Gasteiger partial charge >= 0.3 is 0 Å². The fourth-order valence-electron chi connectivity index (χ4n) is 5.36. The van der Waals surface area contributed by atoms with E-state index in [0.717, 1.165) is 62.4 Å². The monoisotopic (exact) mass is 474 g/mol. The molecule has 0 N–H and O–H groups in total. The van der Waals surface area contributed by atoms with Gasteiger partial charge in [-0.2, -0.15) is 0 Å². The summed E-state index contributed by atoms with van der Waals surface area (Å²) >= 11 is 0. The summed E-state index contributed by atoms with van der Waals surface area (Å²) in [6.07, 6.45) is 5.82. The van der Waals surface area contributed by atoms with Crippen LogP contribution in [0.25, 0.3) is 5.57 Å². The molecule has 0 radical (unpaired) electrons. The van der Waals surface area contributed by atoms with E-state index >= 15 is 0 Å². The maximum absolute atomic E-state index is 13.6. The molecule has 1 aliphatic carbocycles. The first kappa shape index (κ1) is 23.7. The quantitative estimate of drug-likeness (QED) is 0.429. The summed E-state index contributed by atoms with van der Waals surface area (Å²) in [7, 11) is 1.72. The Kier molecular flexibility index (Phi) is 7.26. The highest BCUT2D eigenvalue weighted by atomic mass is 19.1. The van der Waals surface area contributed by atoms with Gasteiger partial charge in [-0.3, -0.25) is 9.80 Å². The minimum atomic E-state index is -0.244. The van der Waals surface area contributed by atoms with Crippen LogP contribution in [0, 0.1) is 11.6 Å². The number of ether oxygens (including phenoxy) is 1. The summed E-state index contributed by atoms with van der Waals surface area (Å²) in [5, 5.41) is 0. The highest BCUT2D eigenvalue weighted by Gasteiger charge is 2.26. The molecule has 1 heterocycles. The lowest BCUT2D eigenvalue weighted by Crippen LogP contribution is -2.47. The van der Waals surface area contributed by atoms with Crippen LogP contribution in [0.15, 0.2) is 72.8 Å². The lowest BCUT2D eigenvalue weighted by Gasteiger charge is -2.39. The standard InChI is InChI=1S/C30H32F2N2O/c1-35-28-14-9-22-3-2-4-23(29(22)21-28)15-16-33-17-19-34(20-18-33)30(24-5-10-26(31)11-6-24)25-7-12-27(32)13-8-25/h5-15,21,30H,2-4,16-20H2,1H3. The molecular formula is C30H32F2N2O. The Bertz CT molecular complexity index is 1120. The highest BCUT2D eigenvalue weighted by molar-refractivity contribution is 5.71. The number of fused-ring (bicyclic) bond motifs is 1. The van der Waals surface area contributed by atoms with Crippen LogP contribution in [-0.4, -0.2) is 49.6 Å². The number of allylic oxidation sites excluding steroid dienone is 1. The largest absolute Gasteiger partial charge is 0.497 e. The van der Waals surface area contributed by atoms with Gasteiger partial charge < -0.3 is 4.74 Å². The zero-order valence-electron chi connectivity index (χ0n) is 20.2. The van der Waals surface area contributed by atoms with Gasteiger partial charge in [-0.05, 0) is 83.5 Å². The van der Waals surface area contributed by atoms with E-state index in [-0.39, 0.29) is 17.7 Å². The Labute approximate surface area is 206 Å². The van der Waals surface area contributed by atoms with Gasteiger partial charge in [0.2, 0.25) is 0 Å². The number of hydrogen-bond donors (Lipinski definition) is 0. The average Bonchev–Trinajstić information content (AvgIpc) is 2.90. The van der Waals surface area contributed by atoms with Crippen molar-refractivity contribution < 1.29 is 13.5 Å². The van der Waals surface area contributed by atoms with Crippen molar-refractivity contribution in [3.8, 4) is 5.75 Å². The zero-order chi connectivity index (χ0) is 24.2. The second-order valence-electron chi connectivity index (χ2n) is 9.45. The molecule has 3 nitrogen and oxygen atoms in total. The predicted molar refractivity (Wildman–Crippen MR) is 137 cm³/mol. The third-order valence-electron chi connectivity index (χ3n) is 7.29. The van der Waals surface area contributed by atoms with Gasteiger partial charge in [0.05, 0.1) is 13.2 Å². The SMILES string of the molecule is COc1ccc2c(c1)C(=CCN1CCN(C(c3ccc(F)cc3)c3ccc(F)cc3)CC1)CCC2. The Hall–Kier alpha value is -3.02. The van der Waals surface area contributed by atoms with Gasteiger partial charge in [0, 0.05) is 32.7 Å². The van der Waals surface area contributed by atoms with Crippen molar-refractivity contribution in [2.24, 2.45) is 0 Å². The number of piperazine rings is 1. The topological polar surface area (TPSA) is 15.7 Å². The Morgan fingerprint density at radius 1 is 0.829 bits per heavy atom. The summed E-state index contributed by atoms with van der Waals surface area (Å²) < 4.78 is 32.6. The van der Waals surface area contributed by atoms with Crippen LogP contribution in [0.2, 0.25) is 0 Å². The first-order valence-corrected chi connectivity index (χ1v) is 12.4. The smallest absolute Gasteiger partial charge is 0.123 e. The molecule has 0 spiro atoms. The van der Waals surface area contributed by atoms with E-state index in [4.69, 9.17) is 4.74 Å². The van der Waals surface area contributed by atoms with E-state index in [0.29, 0.717) is 0 Å². The fraction of sp³-hybridized carbons (Fsp3) is 0.333. The summed E-state index contributed by atoms with van der Waals surface area (Å²) in [4.78, 5) is 4.91. The second-order valence-corrected chi connectivity index (χ2v) is 9.45. The minimum Gasteiger partial charge on any atom is -0.497 e. The van der Waals surface area contributed by atoms with Gasteiger partial charge in [0.1, 0.15) is 17.4 Å². The molecule has 0 saturated carbocycles. The summed E-state index contributed by atoms with van der Waals surface area (Å²) in [5.41, 5.74) is 6.22. The number of nitrogens with zero attached hydrogens (tertiary/aromatic N) is 2. The van der Waals surface area contributed by atoms with E-state index in [1.807, 2.05) is 24.3 Å². The van der Waals surface area contributed by atoms with Crippen LogP contribution in [0.5, 0.6) is 5.75 Å². The molecule has 0 atom stereocenters. The summed E-state index contributed by atoms with van der Waals surface area (Å²) in [6.45, 7) is 4.62. The fourth-order valence-corrected chi connectivity index (χ4v) is 5.36. The van der Waals surface area contributed by atoms with Gasteiger partial charge in [-0.15, -0.1) is 0 Å². The molecule has 0 unspecified atom stereocenters. The van der Waals surface area contributed by atoms with Crippen molar-refractivity contribution in [1.29, 1.82) is 0 Å². The van der Waals surface area contributed by atoms with E-state index in [2.05, 4.69) is 34.1 Å². The van der Waals surface area contributed by atoms with E-state index in [1.165, 1.54) is 47.4 Å². The van der Waals surface area contributed by atoms with Crippen molar-refractivity contribution in [3.05, 3.63) is 107 Å². The van der Waals surface area contributed by atoms with E-state index in [9.17, 15) is 8.78 Å². The van der Waals surface area contributed by atoms with Gasteiger partial charge in [0.25, 0.3) is 0 Å². The number of aryl methyl sites for hydroxylation is 1. The third-order valence-corrected chi connectivity index (χ3v) is 7.29. The summed E-state index contributed by atoms with van der Waals surface area (Å²) in [6, 6.07) is 19.8. The van der Waals surface area contributed by atoms with Crippen molar-refractivity contribution in [2.45, 2.75) is 25.3 Å². The van der Waals surface area contributed by atoms with Gasteiger partial charge in [0.15, 0.2) is 0 Å². The van der Waals surface area contributed by atoms with Crippen molar-refractivity contribution in [3.63, 3.8) is 0 Å². The molecular weight excluding hydrogens is 442 g/mol. The number of benzene rings is 3. The first-order chi connectivity index (χ1) is 17.1. The molecule has 35 heavy (non-hydrogen) atoms. The Morgan fingerprint density at radius 2 is 1.46 bits per heavy atom. The lowest BCUT2D eigenvalue weighted by molar-refractivity contribution is 0.117. The number of hydrogen-bond acceptors (Lipinski definition) is 3. The van der Waals surface area contributed by atoms with Crippen LogP contribution < -0.4 is 4.74 Å². The molecule has 1 saturated heterocycles. The highest BCUT2D eigenvalue weighted by Crippen LogP contribution is 2.34. The number of halogens is 2. The van der Waals surface area contributed by atoms with Crippen molar-refractivity contribution in [1.82, 2.24) is 9.80 Å². The third kappa shape index (κ3) is 5.47. The van der Waals surface area contributed by atoms with Crippen LogP contribution >= 0.6 is 0 Å². The summed E-state index contributed by atoms with van der Waals surface area (Å²) in [5.74, 6) is 0.426. The molecule has 1 fully saturated rings. The molecule has 2 aliphatic rings. The van der Waals surface area contributed by atoms with E-state index < -0.39 is 0 Å². The van der Waals surface area contributed by atoms with Gasteiger partial charge in [-0.1, -0.05) is 36.4 Å².